The van der Waals surface area contributed by atoms with Gasteiger partial charge in [0.1, 0.15) is 11.2 Å². The maximum absolute atomic E-state index is 6.82. The van der Waals surface area contributed by atoms with Gasteiger partial charge in [0, 0.05) is 38.4 Å². The molecule has 0 aliphatic heterocycles. The Morgan fingerprint density at radius 1 is 0.333 bits per heavy atom. The molecule has 0 aliphatic carbocycles. The first-order chi connectivity index (χ1) is 25.3. The molecule has 0 saturated carbocycles. The summed E-state index contributed by atoms with van der Waals surface area (Å²) in [6.07, 6.45) is 0. The van der Waals surface area contributed by atoms with Gasteiger partial charge in [0.15, 0.2) is 5.82 Å². The molecule has 0 fully saturated rings. The van der Waals surface area contributed by atoms with Gasteiger partial charge in [0.25, 0.3) is 0 Å². The number of aromatic nitrogens is 2. The summed E-state index contributed by atoms with van der Waals surface area (Å²) in [7, 11) is 0. The Morgan fingerprint density at radius 2 is 0.922 bits per heavy atom. The van der Waals surface area contributed by atoms with Gasteiger partial charge in [0.2, 0.25) is 0 Å². The van der Waals surface area contributed by atoms with Crippen molar-refractivity contribution in [2.75, 3.05) is 0 Å². The van der Waals surface area contributed by atoms with Crippen molar-refractivity contribution in [1.82, 2.24) is 9.97 Å². The number of benzene rings is 8. The third-order valence-electron chi connectivity index (χ3n) is 9.89. The highest BCUT2D eigenvalue weighted by Crippen LogP contribution is 2.41. The molecule has 2 aromatic heterocycles. The summed E-state index contributed by atoms with van der Waals surface area (Å²) in [6.45, 7) is 0. The van der Waals surface area contributed by atoms with Crippen LogP contribution >= 0.6 is 0 Å². The molecule has 0 unspecified atom stereocenters. The van der Waals surface area contributed by atoms with Crippen LogP contribution in [0.4, 0.5) is 0 Å². The Balaban J connectivity index is 1.08. The number of nitrogens with zero attached hydrogens (tertiary/aromatic N) is 2. The molecule has 10 aromatic rings. The topological polar surface area (TPSA) is 38.9 Å². The average Bonchev–Trinajstić information content (AvgIpc) is 3.60. The summed E-state index contributed by atoms with van der Waals surface area (Å²) in [4.78, 5) is 10.2. The molecule has 0 saturated heterocycles. The van der Waals surface area contributed by atoms with Gasteiger partial charge in [-0.2, -0.15) is 0 Å². The molecule has 0 bridgehead atoms. The predicted octanol–water partition coefficient (Wildman–Crippen LogP) is 13.0. The third kappa shape index (κ3) is 5.06. The van der Waals surface area contributed by atoms with Crippen molar-refractivity contribution in [1.29, 1.82) is 0 Å². The van der Waals surface area contributed by atoms with E-state index < -0.39 is 0 Å². The molecule has 0 aliphatic rings. The second-order valence-corrected chi connectivity index (χ2v) is 13.0. The van der Waals surface area contributed by atoms with Gasteiger partial charge in [-0.25, -0.2) is 9.97 Å². The fourth-order valence-corrected chi connectivity index (χ4v) is 7.34. The van der Waals surface area contributed by atoms with Crippen LogP contribution in [0.2, 0.25) is 0 Å². The molecule has 0 atom stereocenters. The first-order valence-corrected chi connectivity index (χ1v) is 17.2. The van der Waals surface area contributed by atoms with Gasteiger partial charge in [-0.05, 0) is 51.0 Å². The molecule has 2 heterocycles. The molecule has 8 aromatic carbocycles. The van der Waals surface area contributed by atoms with E-state index in [1.54, 1.807) is 0 Å². The predicted molar refractivity (Wildman–Crippen MR) is 212 cm³/mol. The molecule has 238 valence electrons. The lowest BCUT2D eigenvalue weighted by Gasteiger charge is -2.11. The first kappa shape index (κ1) is 29.1. The highest BCUT2D eigenvalue weighted by Gasteiger charge is 2.17. The molecule has 0 radical (unpaired) electrons. The average molecular weight is 651 g/mol. The fraction of sp³-hybridized carbons (Fsp3) is 0. The molecule has 51 heavy (non-hydrogen) atoms. The second kappa shape index (κ2) is 11.9. The zero-order chi connectivity index (χ0) is 33.7. The van der Waals surface area contributed by atoms with E-state index in [9.17, 15) is 0 Å². The normalized spacial score (nSPS) is 11.5. The molecule has 0 spiro atoms. The Hall–Kier alpha value is -6.84. The van der Waals surface area contributed by atoms with Crippen molar-refractivity contribution in [3.05, 3.63) is 182 Å². The van der Waals surface area contributed by atoms with Crippen LogP contribution in [0.1, 0.15) is 0 Å². The number of furan rings is 1. The van der Waals surface area contributed by atoms with E-state index in [1.165, 1.54) is 21.7 Å². The van der Waals surface area contributed by atoms with E-state index in [1.807, 2.05) is 24.3 Å². The van der Waals surface area contributed by atoms with E-state index in [0.29, 0.717) is 5.82 Å². The van der Waals surface area contributed by atoms with Crippen LogP contribution < -0.4 is 0 Å². The first-order valence-electron chi connectivity index (χ1n) is 17.2. The van der Waals surface area contributed by atoms with E-state index >= 15 is 0 Å². The largest absolute Gasteiger partial charge is 0.455 e. The molecule has 3 nitrogen and oxygen atoms in total. The van der Waals surface area contributed by atoms with Crippen LogP contribution in [0, 0.1) is 0 Å². The van der Waals surface area contributed by atoms with Crippen molar-refractivity contribution in [3.63, 3.8) is 0 Å². The van der Waals surface area contributed by atoms with Gasteiger partial charge in [0.05, 0.1) is 11.4 Å². The number of para-hydroxylation sites is 1. The van der Waals surface area contributed by atoms with E-state index in [2.05, 4.69) is 158 Å². The number of fused-ring (bicyclic) bond motifs is 7. The Morgan fingerprint density at radius 3 is 1.75 bits per heavy atom. The summed E-state index contributed by atoms with van der Waals surface area (Å²) in [5.41, 5.74) is 11.1. The quantitative estimate of drug-likeness (QED) is 0.174. The van der Waals surface area contributed by atoms with Gasteiger partial charge < -0.3 is 4.42 Å². The maximum atomic E-state index is 6.82. The minimum Gasteiger partial charge on any atom is -0.455 e. The van der Waals surface area contributed by atoms with E-state index in [4.69, 9.17) is 14.4 Å². The van der Waals surface area contributed by atoms with Crippen LogP contribution in [-0.2, 0) is 0 Å². The standard InChI is InChI=1S/C48H30N2O/c1-3-11-31(12-4-1)37-16-9-17-38(29-37)44-30-43(34-14-5-2-6-15-34)49-48(50-44)36-25-22-33(23-26-36)40-19-10-20-41-42-28-27-35-24-21-32-13-7-8-18-39(32)45(35)47(42)51-46(40)41/h1-30H. The van der Waals surface area contributed by atoms with Crippen molar-refractivity contribution in [2.24, 2.45) is 0 Å². The Kier molecular flexibility index (Phi) is 6.81. The summed E-state index contributed by atoms with van der Waals surface area (Å²) in [6, 6.07) is 63.7. The number of hydrogen-bond donors (Lipinski definition) is 0. The summed E-state index contributed by atoms with van der Waals surface area (Å²) in [5.74, 6) is 0.684. The molecule has 10 rings (SSSR count). The van der Waals surface area contributed by atoms with Gasteiger partial charge in [-0.1, -0.05) is 164 Å². The highest BCUT2D eigenvalue weighted by molar-refractivity contribution is 6.23. The van der Waals surface area contributed by atoms with Gasteiger partial charge in [-0.3, -0.25) is 0 Å². The third-order valence-corrected chi connectivity index (χ3v) is 9.89. The molecule has 0 N–H and O–H groups in total. The summed E-state index contributed by atoms with van der Waals surface area (Å²) >= 11 is 0. The van der Waals surface area contributed by atoms with Crippen molar-refractivity contribution in [3.8, 4) is 56.2 Å². The van der Waals surface area contributed by atoms with Crippen LogP contribution in [0.15, 0.2) is 186 Å². The minimum absolute atomic E-state index is 0.684. The monoisotopic (exact) mass is 650 g/mol. The summed E-state index contributed by atoms with van der Waals surface area (Å²) < 4.78 is 6.82. The second-order valence-electron chi connectivity index (χ2n) is 13.0. The molecular weight excluding hydrogens is 621 g/mol. The lowest BCUT2D eigenvalue weighted by Crippen LogP contribution is -1.96. The molecular formula is C48H30N2O. The van der Waals surface area contributed by atoms with Crippen molar-refractivity contribution < 1.29 is 4.42 Å². The zero-order valence-electron chi connectivity index (χ0n) is 27.6. The van der Waals surface area contributed by atoms with E-state index in [-0.39, 0.29) is 0 Å². The van der Waals surface area contributed by atoms with Crippen molar-refractivity contribution >= 4 is 43.5 Å². The highest BCUT2D eigenvalue weighted by atomic mass is 16.3. The Labute approximate surface area is 295 Å². The van der Waals surface area contributed by atoms with Crippen molar-refractivity contribution in [2.45, 2.75) is 0 Å². The number of rotatable bonds is 5. The minimum atomic E-state index is 0.684. The van der Waals surface area contributed by atoms with Gasteiger partial charge >= 0.3 is 0 Å². The Bertz CT molecular complexity index is 2890. The lowest BCUT2D eigenvalue weighted by molar-refractivity contribution is 0.674. The van der Waals surface area contributed by atoms with Crippen LogP contribution in [-0.4, -0.2) is 9.97 Å². The van der Waals surface area contributed by atoms with Crippen LogP contribution in [0.5, 0.6) is 0 Å². The smallest absolute Gasteiger partial charge is 0.160 e. The zero-order valence-corrected chi connectivity index (χ0v) is 27.6. The fourth-order valence-electron chi connectivity index (χ4n) is 7.34. The lowest BCUT2D eigenvalue weighted by atomic mass is 9.98. The van der Waals surface area contributed by atoms with Crippen LogP contribution in [0.25, 0.3) is 99.6 Å². The molecule has 3 heteroatoms. The van der Waals surface area contributed by atoms with Gasteiger partial charge in [-0.15, -0.1) is 0 Å². The van der Waals surface area contributed by atoms with E-state index in [0.717, 1.165) is 72.1 Å². The summed E-state index contributed by atoms with van der Waals surface area (Å²) in [5, 5.41) is 6.98. The maximum Gasteiger partial charge on any atom is 0.160 e. The molecule has 0 amide bonds. The number of hydrogen-bond acceptors (Lipinski definition) is 3. The SMILES string of the molecule is c1ccc(-c2cccc(-c3cc(-c4ccccc4)nc(-c4ccc(-c5cccc6c5oc5c6ccc6ccc7ccccc7c65)cc4)n3)c2)cc1. The van der Waals surface area contributed by atoms with Crippen LogP contribution in [0.3, 0.4) is 0 Å².